The molecule has 0 saturated carbocycles. The Bertz CT molecular complexity index is 631. The summed E-state index contributed by atoms with van der Waals surface area (Å²) in [6, 6.07) is 2.73. The Morgan fingerprint density at radius 1 is 1.48 bits per heavy atom. The molecule has 2 atom stereocenters. The smallest absolute Gasteiger partial charge is 0.319 e. The molecule has 7 nitrogen and oxygen atoms in total. The molecule has 3 rings (SSSR count). The molecule has 2 amide bonds. The predicted molar refractivity (Wildman–Crippen MR) is 87.1 cm³/mol. The number of piperazine rings is 1. The lowest BCUT2D eigenvalue weighted by atomic mass is 10.1. The van der Waals surface area contributed by atoms with Crippen molar-refractivity contribution in [1.29, 1.82) is 5.26 Å². The zero-order valence-corrected chi connectivity index (χ0v) is 14.0. The lowest BCUT2D eigenvalue weighted by molar-refractivity contribution is 0.0861. The molecule has 0 bridgehead atoms. The van der Waals surface area contributed by atoms with E-state index in [-0.39, 0.29) is 18.1 Å². The summed E-state index contributed by atoms with van der Waals surface area (Å²) in [7, 11) is 0. The Kier molecular flexibility index (Phi) is 4.26. The largest absolute Gasteiger partial charge is 0.323 e. The lowest BCUT2D eigenvalue weighted by Crippen LogP contribution is -2.57. The van der Waals surface area contributed by atoms with Crippen LogP contribution in [0.25, 0.3) is 0 Å². The van der Waals surface area contributed by atoms with Crippen LogP contribution in [0.15, 0.2) is 6.20 Å². The molecule has 0 aromatic carbocycles. The van der Waals surface area contributed by atoms with Crippen molar-refractivity contribution in [3.63, 3.8) is 0 Å². The van der Waals surface area contributed by atoms with E-state index < -0.39 is 0 Å². The van der Waals surface area contributed by atoms with Crippen LogP contribution in [0.3, 0.4) is 0 Å². The molecule has 1 aromatic heterocycles. The second-order valence-corrected chi connectivity index (χ2v) is 6.80. The van der Waals surface area contributed by atoms with Crippen molar-refractivity contribution in [2.24, 2.45) is 0 Å². The Labute approximate surface area is 136 Å². The van der Waals surface area contributed by atoms with Crippen molar-refractivity contribution < 1.29 is 4.79 Å². The average molecular weight is 316 g/mol. The van der Waals surface area contributed by atoms with Gasteiger partial charge in [-0.1, -0.05) is 0 Å². The van der Waals surface area contributed by atoms with Crippen LogP contribution >= 0.6 is 0 Å². The van der Waals surface area contributed by atoms with Crippen LogP contribution in [0, 0.1) is 11.3 Å². The van der Waals surface area contributed by atoms with Gasteiger partial charge in [-0.3, -0.25) is 14.9 Å². The summed E-state index contributed by atoms with van der Waals surface area (Å²) in [5, 5.41) is 16.4. The number of urea groups is 1. The number of fused-ring (bicyclic) bond motifs is 1. The van der Waals surface area contributed by atoms with Gasteiger partial charge in [0, 0.05) is 37.4 Å². The van der Waals surface area contributed by atoms with E-state index in [2.05, 4.69) is 28.3 Å². The lowest BCUT2D eigenvalue weighted by Gasteiger charge is -2.42. The second kappa shape index (κ2) is 6.20. The molecule has 0 aliphatic carbocycles. The number of rotatable bonds is 2. The highest BCUT2D eigenvalue weighted by atomic mass is 16.2. The van der Waals surface area contributed by atoms with Crippen molar-refractivity contribution in [3.05, 3.63) is 11.8 Å². The van der Waals surface area contributed by atoms with Crippen molar-refractivity contribution in [3.8, 4) is 6.07 Å². The van der Waals surface area contributed by atoms with Crippen molar-refractivity contribution in [1.82, 2.24) is 19.6 Å². The fourth-order valence-corrected chi connectivity index (χ4v) is 3.47. The molecule has 3 heterocycles. The number of nitrogens with zero attached hydrogens (tertiary/aromatic N) is 5. The van der Waals surface area contributed by atoms with Gasteiger partial charge in [-0.2, -0.15) is 10.4 Å². The number of carbonyl (C=O) groups excluding carboxylic acids is 1. The van der Waals surface area contributed by atoms with E-state index in [1.807, 2.05) is 18.7 Å². The number of carbonyl (C=O) groups is 1. The van der Waals surface area contributed by atoms with Gasteiger partial charge in [0.1, 0.15) is 11.6 Å². The van der Waals surface area contributed by atoms with Gasteiger partial charge in [0.2, 0.25) is 0 Å². The maximum Gasteiger partial charge on any atom is 0.323 e. The minimum atomic E-state index is -0.158. The van der Waals surface area contributed by atoms with Crippen LogP contribution in [-0.4, -0.2) is 57.3 Å². The van der Waals surface area contributed by atoms with Crippen molar-refractivity contribution in [2.75, 3.05) is 25.0 Å². The fourth-order valence-electron chi connectivity index (χ4n) is 3.47. The van der Waals surface area contributed by atoms with Crippen molar-refractivity contribution >= 4 is 11.8 Å². The minimum absolute atomic E-state index is 0.147. The first kappa shape index (κ1) is 15.8. The highest BCUT2D eigenvalue weighted by Gasteiger charge is 2.36. The zero-order valence-electron chi connectivity index (χ0n) is 14.0. The molecule has 1 N–H and O–H groups in total. The molecule has 124 valence electrons. The summed E-state index contributed by atoms with van der Waals surface area (Å²) in [5.41, 5.74) is 0.402. The van der Waals surface area contributed by atoms with Gasteiger partial charge in [0.15, 0.2) is 5.82 Å². The molecule has 0 radical (unpaired) electrons. The molecule has 1 aromatic rings. The number of nitriles is 1. The zero-order chi connectivity index (χ0) is 16.6. The minimum Gasteiger partial charge on any atom is -0.319 e. The number of nitrogens with one attached hydrogen (secondary N) is 1. The molecule has 2 fully saturated rings. The SMILES string of the molecule is CC(C)n1cc(C#N)c(NC(=O)N2C[C@@H]3CCCN3C[C@H]2C)n1. The predicted octanol–water partition coefficient (Wildman–Crippen LogP) is 2.04. The maximum absolute atomic E-state index is 12.7. The van der Waals surface area contributed by atoms with Gasteiger partial charge in [0.25, 0.3) is 0 Å². The Morgan fingerprint density at radius 2 is 2.26 bits per heavy atom. The Hall–Kier alpha value is -2.07. The van der Waals surface area contributed by atoms with E-state index in [1.54, 1.807) is 10.9 Å². The number of hydrogen-bond donors (Lipinski definition) is 1. The third-order valence-corrected chi connectivity index (χ3v) is 4.81. The summed E-state index contributed by atoms with van der Waals surface area (Å²) in [6.45, 7) is 8.86. The Morgan fingerprint density at radius 3 is 2.96 bits per heavy atom. The average Bonchev–Trinajstić information content (AvgIpc) is 3.12. The van der Waals surface area contributed by atoms with Gasteiger partial charge in [-0.25, -0.2) is 4.79 Å². The molecule has 23 heavy (non-hydrogen) atoms. The molecule has 0 unspecified atom stereocenters. The maximum atomic E-state index is 12.7. The van der Waals surface area contributed by atoms with Crippen LogP contribution in [0.4, 0.5) is 10.6 Å². The summed E-state index contributed by atoms with van der Waals surface area (Å²) in [6.07, 6.45) is 4.05. The van der Waals surface area contributed by atoms with Crippen LogP contribution in [-0.2, 0) is 0 Å². The normalized spacial score (nSPS) is 24.6. The highest BCUT2D eigenvalue weighted by molar-refractivity contribution is 5.89. The standard InChI is InChI=1S/C16H24N6O/c1-11(2)22-9-13(7-17)15(19-22)18-16(23)21-10-14-5-4-6-20(14)8-12(21)3/h9,11-12,14H,4-6,8,10H2,1-3H3,(H,18,19,23)/t12-,14+/m1/s1. The molecule has 7 heteroatoms. The molecule has 0 spiro atoms. The van der Waals surface area contributed by atoms with E-state index >= 15 is 0 Å². The van der Waals surface area contributed by atoms with E-state index in [0.29, 0.717) is 17.4 Å². The van der Waals surface area contributed by atoms with Gasteiger partial charge < -0.3 is 4.90 Å². The highest BCUT2D eigenvalue weighted by Crippen LogP contribution is 2.25. The summed E-state index contributed by atoms with van der Waals surface area (Å²) in [4.78, 5) is 17.0. The first-order valence-electron chi connectivity index (χ1n) is 8.30. The monoisotopic (exact) mass is 316 g/mol. The van der Waals surface area contributed by atoms with Crippen LogP contribution in [0.2, 0.25) is 0 Å². The third-order valence-electron chi connectivity index (χ3n) is 4.81. The molecule has 2 aliphatic heterocycles. The molecular weight excluding hydrogens is 292 g/mol. The van der Waals surface area contributed by atoms with E-state index in [4.69, 9.17) is 0 Å². The third kappa shape index (κ3) is 3.04. The molecular formula is C16H24N6O. The van der Waals surface area contributed by atoms with E-state index in [1.165, 1.54) is 6.42 Å². The number of amides is 2. The number of aromatic nitrogens is 2. The summed E-state index contributed by atoms with van der Waals surface area (Å²) in [5.74, 6) is 0.354. The first-order chi connectivity index (χ1) is 11.0. The summed E-state index contributed by atoms with van der Waals surface area (Å²) < 4.78 is 1.70. The first-order valence-corrected chi connectivity index (χ1v) is 8.30. The quantitative estimate of drug-likeness (QED) is 0.905. The van der Waals surface area contributed by atoms with Crippen LogP contribution in [0.1, 0.15) is 45.2 Å². The van der Waals surface area contributed by atoms with Gasteiger partial charge in [0.05, 0.1) is 0 Å². The molecule has 2 aliphatic rings. The van der Waals surface area contributed by atoms with Gasteiger partial charge in [-0.05, 0) is 40.2 Å². The number of hydrogen-bond acceptors (Lipinski definition) is 4. The fraction of sp³-hybridized carbons (Fsp3) is 0.688. The van der Waals surface area contributed by atoms with Crippen LogP contribution < -0.4 is 5.32 Å². The van der Waals surface area contributed by atoms with E-state index in [0.717, 1.165) is 26.1 Å². The summed E-state index contributed by atoms with van der Waals surface area (Å²) >= 11 is 0. The van der Waals surface area contributed by atoms with Crippen LogP contribution in [0.5, 0.6) is 0 Å². The van der Waals surface area contributed by atoms with E-state index in [9.17, 15) is 10.1 Å². The van der Waals surface area contributed by atoms with Gasteiger partial charge in [-0.15, -0.1) is 0 Å². The Balaban J connectivity index is 1.73. The van der Waals surface area contributed by atoms with Gasteiger partial charge >= 0.3 is 6.03 Å². The topological polar surface area (TPSA) is 77.2 Å². The second-order valence-electron chi connectivity index (χ2n) is 6.80. The van der Waals surface area contributed by atoms with Crippen molar-refractivity contribution in [2.45, 2.75) is 51.7 Å². The molecule has 2 saturated heterocycles. The number of anilines is 1.